The van der Waals surface area contributed by atoms with E-state index in [0.717, 1.165) is 11.1 Å². The first-order valence-electron chi connectivity index (χ1n) is 6.52. The van der Waals surface area contributed by atoms with E-state index in [1.54, 1.807) is 18.2 Å². The molecular weight excluding hydrogens is 260 g/mol. The van der Waals surface area contributed by atoms with Crippen molar-refractivity contribution in [2.75, 3.05) is 0 Å². The van der Waals surface area contributed by atoms with Gasteiger partial charge in [0, 0.05) is 29.7 Å². The smallest absolute Gasteiger partial charge is 0.130 e. The maximum absolute atomic E-state index is 13.9. The molecule has 4 heteroatoms. The zero-order valence-electron chi connectivity index (χ0n) is 11.1. The van der Waals surface area contributed by atoms with Gasteiger partial charge in [-0.25, -0.2) is 8.78 Å². The minimum atomic E-state index is -0.487. The largest absolute Gasteiger partial charge is 0.485 e. The zero-order chi connectivity index (χ0) is 14.3. The summed E-state index contributed by atoms with van der Waals surface area (Å²) in [6.45, 7) is 1.89. The van der Waals surface area contributed by atoms with Gasteiger partial charge in [0.2, 0.25) is 0 Å². The number of benzene rings is 2. The molecule has 2 nitrogen and oxygen atoms in total. The number of halogens is 2. The monoisotopic (exact) mass is 275 g/mol. The van der Waals surface area contributed by atoms with Crippen LogP contribution in [0.4, 0.5) is 8.78 Å². The average molecular weight is 275 g/mol. The van der Waals surface area contributed by atoms with Crippen LogP contribution in [0.3, 0.4) is 0 Å². The number of ether oxygens (including phenoxy) is 1. The number of aryl methyl sites for hydroxylation is 1. The van der Waals surface area contributed by atoms with E-state index in [0.29, 0.717) is 17.7 Å². The van der Waals surface area contributed by atoms with Crippen molar-refractivity contribution in [3.63, 3.8) is 0 Å². The number of fused-ring (bicyclic) bond motifs is 1. The van der Waals surface area contributed by atoms with Crippen LogP contribution in [0.15, 0.2) is 36.4 Å². The molecule has 0 fully saturated rings. The van der Waals surface area contributed by atoms with Crippen molar-refractivity contribution < 1.29 is 13.5 Å². The van der Waals surface area contributed by atoms with Crippen molar-refractivity contribution in [2.45, 2.75) is 25.5 Å². The van der Waals surface area contributed by atoms with Crippen LogP contribution < -0.4 is 10.5 Å². The molecule has 1 aliphatic heterocycles. The Hall–Kier alpha value is -1.94. The summed E-state index contributed by atoms with van der Waals surface area (Å²) < 4.78 is 33.0. The minimum Gasteiger partial charge on any atom is -0.485 e. The first-order chi connectivity index (χ1) is 9.54. The second kappa shape index (κ2) is 4.87. The Balaban J connectivity index is 2.00. The van der Waals surface area contributed by atoms with Gasteiger partial charge in [0.05, 0.1) is 0 Å². The lowest BCUT2D eigenvalue weighted by Gasteiger charge is -2.30. The maximum atomic E-state index is 13.9. The van der Waals surface area contributed by atoms with Crippen LogP contribution in [0.2, 0.25) is 0 Å². The highest BCUT2D eigenvalue weighted by molar-refractivity contribution is 5.40. The van der Waals surface area contributed by atoms with Crippen molar-refractivity contribution in [1.82, 2.24) is 0 Å². The standard InChI is InChI=1S/C16H15F2NO/c1-9-2-5-13(18)12(6-9)16-8-14(19)11-4-3-10(17)7-15(11)20-16/h2-7,14,16H,8,19H2,1H3/t14-,16?/m0/s1. The highest BCUT2D eigenvalue weighted by Gasteiger charge is 2.29. The summed E-state index contributed by atoms with van der Waals surface area (Å²) in [5.41, 5.74) is 8.26. The second-order valence-electron chi connectivity index (χ2n) is 5.16. The van der Waals surface area contributed by atoms with E-state index in [1.165, 1.54) is 18.2 Å². The Morgan fingerprint density at radius 2 is 1.90 bits per heavy atom. The van der Waals surface area contributed by atoms with Crippen LogP contribution in [0, 0.1) is 18.6 Å². The summed E-state index contributed by atoms with van der Waals surface area (Å²) in [6.07, 6.45) is -0.0156. The fourth-order valence-electron chi connectivity index (χ4n) is 2.58. The third kappa shape index (κ3) is 2.27. The van der Waals surface area contributed by atoms with Crippen molar-refractivity contribution in [3.05, 3.63) is 64.7 Å². The highest BCUT2D eigenvalue weighted by Crippen LogP contribution is 2.40. The quantitative estimate of drug-likeness (QED) is 0.859. The molecule has 2 N–H and O–H groups in total. The molecule has 0 spiro atoms. The number of rotatable bonds is 1. The zero-order valence-corrected chi connectivity index (χ0v) is 11.1. The van der Waals surface area contributed by atoms with Crippen molar-refractivity contribution in [1.29, 1.82) is 0 Å². The highest BCUT2D eigenvalue weighted by atomic mass is 19.1. The molecule has 20 heavy (non-hydrogen) atoms. The van der Waals surface area contributed by atoms with Gasteiger partial charge in [0.25, 0.3) is 0 Å². The maximum Gasteiger partial charge on any atom is 0.130 e. The molecule has 1 aliphatic rings. The Kier molecular flexibility index (Phi) is 3.18. The van der Waals surface area contributed by atoms with E-state index < -0.39 is 6.10 Å². The van der Waals surface area contributed by atoms with Gasteiger partial charge in [-0.2, -0.15) is 0 Å². The van der Waals surface area contributed by atoms with Gasteiger partial charge in [0.1, 0.15) is 23.5 Å². The van der Waals surface area contributed by atoms with E-state index in [4.69, 9.17) is 10.5 Å². The fourth-order valence-corrected chi connectivity index (χ4v) is 2.58. The van der Waals surface area contributed by atoms with E-state index >= 15 is 0 Å². The molecule has 104 valence electrons. The first kappa shape index (κ1) is 13.1. The molecule has 3 rings (SSSR count). The van der Waals surface area contributed by atoms with Crippen LogP contribution in [-0.2, 0) is 0 Å². The molecule has 0 aromatic heterocycles. The predicted octanol–water partition coefficient (Wildman–Crippen LogP) is 3.80. The van der Waals surface area contributed by atoms with Crippen LogP contribution in [0.1, 0.15) is 35.3 Å². The van der Waals surface area contributed by atoms with Gasteiger partial charge < -0.3 is 10.5 Å². The van der Waals surface area contributed by atoms with Crippen molar-refractivity contribution >= 4 is 0 Å². The Bertz CT molecular complexity index is 657. The van der Waals surface area contributed by atoms with E-state index in [2.05, 4.69) is 0 Å². The molecule has 1 unspecified atom stereocenters. The Morgan fingerprint density at radius 1 is 1.10 bits per heavy atom. The summed E-state index contributed by atoms with van der Waals surface area (Å²) >= 11 is 0. The van der Waals surface area contributed by atoms with Crippen molar-refractivity contribution in [3.8, 4) is 5.75 Å². The molecule has 1 heterocycles. The SMILES string of the molecule is Cc1ccc(F)c(C2C[C@H](N)c3ccc(F)cc3O2)c1. The molecular formula is C16H15F2NO. The number of hydrogen-bond acceptors (Lipinski definition) is 2. The lowest BCUT2D eigenvalue weighted by atomic mass is 9.93. The van der Waals surface area contributed by atoms with E-state index in [1.807, 2.05) is 6.92 Å². The fraction of sp³-hybridized carbons (Fsp3) is 0.250. The van der Waals surface area contributed by atoms with Crippen LogP contribution in [-0.4, -0.2) is 0 Å². The number of hydrogen-bond donors (Lipinski definition) is 1. The van der Waals surface area contributed by atoms with Crippen molar-refractivity contribution in [2.24, 2.45) is 5.73 Å². The summed E-state index contributed by atoms with van der Waals surface area (Å²) in [6, 6.07) is 8.86. The van der Waals surface area contributed by atoms with Gasteiger partial charge in [-0.1, -0.05) is 17.7 Å². The summed E-state index contributed by atoms with van der Waals surface area (Å²) in [5.74, 6) is -0.316. The van der Waals surface area contributed by atoms with E-state index in [-0.39, 0.29) is 17.7 Å². The molecule has 0 bridgehead atoms. The second-order valence-corrected chi connectivity index (χ2v) is 5.16. The predicted molar refractivity (Wildman–Crippen MR) is 72.5 cm³/mol. The summed E-state index contributed by atoms with van der Waals surface area (Å²) in [7, 11) is 0. The van der Waals surface area contributed by atoms with Gasteiger partial charge >= 0.3 is 0 Å². The molecule has 0 saturated heterocycles. The Labute approximate surface area is 116 Å². The molecule has 0 amide bonds. The minimum absolute atomic E-state index is 0.288. The molecule has 0 aliphatic carbocycles. The van der Waals surface area contributed by atoms with Gasteiger partial charge in [-0.05, 0) is 25.1 Å². The third-order valence-electron chi connectivity index (χ3n) is 3.61. The molecule has 0 radical (unpaired) electrons. The topological polar surface area (TPSA) is 35.2 Å². The van der Waals surface area contributed by atoms with E-state index in [9.17, 15) is 8.78 Å². The Morgan fingerprint density at radius 3 is 2.70 bits per heavy atom. The van der Waals surface area contributed by atoms with Crippen LogP contribution in [0.25, 0.3) is 0 Å². The average Bonchev–Trinajstić information content (AvgIpc) is 2.41. The first-order valence-corrected chi connectivity index (χ1v) is 6.52. The van der Waals surface area contributed by atoms with Gasteiger partial charge in [0.15, 0.2) is 0 Å². The lowest BCUT2D eigenvalue weighted by molar-refractivity contribution is 0.156. The van der Waals surface area contributed by atoms with Gasteiger partial charge in [-0.15, -0.1) is 0 Å². The summed E-state index contributed by atoms with van der Waals surface area (Å²) in [4.78, 5) is 0. The van der Waals surface area contributed by atoms with Crippen LogP contribution >= 0.6 is 0 Å². The molecule has 2 aromatic carbocycles. The molecule has 2 atom stereocenters. The molecule has 2 aromatic rings. The molecule has 0 saturated carbocycles. The normalized spacial score (nSPS) is 21.2. The van der Waals surface area contributed by atoms with Gasteiger partial charge in [-0.3, -0.25) is 0 Å². The lowest BCUT2D eigenvalue weighted by Crippen LogP contribution is -2.24. The van der Waals surface area contributed by atoms with Crippen LogP contribution in [0.5, 0.6) is 5.75 Å². The summed E-state index contributed by atoms with van der Waals surface area (Å²) in [5, 5.41) is 0. The number of nitrogens with two attached hydrogens (primary N) is 1. The third-order valence-corrected chi connectivity index (χ3v) is 3.61.